The number of carbonyl (C=O) groups excluding carboxylic acids is 1. The molecule has 0 aromatic heterocycles. The van der Waals surface area contributed by atoms with Crippen LogP contribution in [-0.4, -0.2) is 18.1 Å². The molecule has 126 valence electrons. The summed E-state index contributed by atoms with van der Waals surface area (Å²) < 4.78 is 5.76. The predicted molar refractivity (Wildman–Crippen MR) is 97.4 cm³/mol. The topological polar surface area (TPSA) is 38.3 Å². The number of amides is 1. The zero-order valence-electron chi connectivity index (χ0n) is 13.8. The molecule has 0 saturated heterocycles. The van der Waals surface area contributed by atoms with Gasteiger partial charge in [0.15, 0.2) is 6.10 Å². The highest BCUT2D eigenvalue weighted by Crippen LogP contribution is 2.31. The van der Waals surface area contributed by atoms with E-state index in [-0.39, 0.29) is 5.91 Å². The average molecular weight is 344 g/mol. The molecule has 1 fully saturated rings. The Balaban J connectivity index is 1.65. The molecule has 1 amide bonds. The molecular formula is C20H22ClNO2. The van der Waals surface area contributed by atoms with Crippen molar-refractivity contribution in [3.05, 3.63) is 53.6 Å². The SMILES string of the molecule is C[C@@H](Oc1ccc(-c2ccccc2)cc1Cl)C(=O)NC1CCCC1. The molecule has 1 aliphatic carbocycles. The molecule has 2 aromatic carbocycles. The second kappa shape index (κ2) is 7.71. The van der Waals surface area contributed by atoms with Crippen molar-refractivity contribution >= 4 is 17.5 Å². The quantitative estimate of drug-likeness (QED) is 0.844. The molecule has 1 atom stereocenters. The van der Waals surface area contributed by atoms with Gasteiger partial charge in [0, 0.05) is 6.04 Å². The minimum atomic E-state index is -0.564. The number of nitrogens with one attached hydrogen (secondary N) is 1. The summed E-state index contributed by atoms with van der Waals surface area (Å²) in [6, 6.07) is 16.0. The summed E-state index contributed by atoms with van der Waals surface area (Å²) in [5.74, 6) is 0.454. The van der Waals surface area contributed by atoms with E-state index in [1.54, 1.807) is 6.92 Å². The van der Waals surface area contributed by atoms with Crippen molar-refractivity contribution in [2.75, 3.05) is 0 Å². The van der Waals surface area contributed by atoms with Gasteiger partial charge in [-0.15, -0.1) is 0 Å². The van der Waals surface area contributed by atoms with Gasteiger partial charge in [-0.1, -0.05) is 60.8 Å². The maximum Gasteiger partial charge on any atom is 0.260 e. The van der Waals surface area contributed by atoms with Gasteiger partial charge in [0.2, 0.25) is 0 Å². The Morgan fingerprint density at radius 3 is 2.50 bits per heavy atom. The maximum atomic E-state index is 12.2. The van der Waals surface area contributed by atoms with Gasteiger partial charge in [0.25, 0.3) is 5.91 Å². The Morgan fingerprint density at radius 1 is 1.12 bits per heavy atom. The summed E-state index contributed by atoms with van der Waals surface area (Å²) in [4.78, 5) is 12.2. The highest BCUT2D eigenvalue weighted by Gasteiger charge is 2.22. The molecule has 0 spiro atoms. The third-order valence-corrected chi connectivity index (χ3v) is 4.71. The van der Waals surface area contributed by atoms with Crippen LogP contribution in [0, 0.1) is 0 Å². The molecule has 4 heteroatoms. The minimum absolute atomic E-state index is 0.0786. The first-order valence-corrected chi connectivity index (χ1v) is 8.83. The highest BCUT2D eigenvalue weighted by atomic mass is 35.5. The molecule has 24 heavy (non-hydrogen) atoms. The first-order valence-electron chi connectivity index (χ1n) is 8.45. The number of carbonyl (C=O) groups is 1. The number of halogens is 1. The third kappa shape index (κ3) is 4.09. The second-order valence-corrected chi connectivity index (χ2v) is 6.67. The summed E-state index contributed by atoms with van der Waals surface area (Å²) >= 11 is 6.34. The van der Waals surface area contributed by atoms with Crippen LogP contribution in [0.1, 0.15) is 32.6 Å². The van der Waals surface area contributed by atoms with E-state index >= 15 is 0 Å². The molecule has 0 heterocycles. The predicted octanol–water partition coefficient (Wildman–Crippen LogP) is 4.83. The number of ether oxygens (including phenoxy) is 1. The zero-order valence-corrected chi connectivity index (χ0v) is 14.6. The minimum Gasteiger partial charge on any atom is -0.479 e. The van der Waals surface area contributed by atoms with Crippen molar-refractivity contribution in [3.8, 4) is 16.9 Å². The van der Waals surface area contributed by atoms with E-state index in [4.69, 9.17) is 16.3 Å². The lowest BCUT2D eigenvalue weighted by molar-refractivity contribution is -0.127. The lowest BCUT2D eigenvalue weighted by Crippen LogP contribution is -2.41. The Kier molecular flexibility index (Phi) is 5.41. The van der Waals surface area contributed by atoms with Gasteiger partial charge in [-0.05, 0) is 43.0 Å². The Hall–Kier alpha value is -2.00. The first kappa shape index (κ1) is 16.8. The molecule has 2 aromatic rings. The normalized spacial score (nSPS) is 15.9. The second-order valence-electron chi connectivity index (χ2n) is 6.26. The van der Waals surface area contributed by atoms with Gasteiger partial charge in [-0.3, -0.25) is 4.79 Å². The van der Waals surface area contributed by atoms with Crippen LogP contribution < -0.4 is 10.1 Å². The molecule has 0 radical (unpaired) electrons. The fraction of sp³-hybridized carbons (Fsp3) is 0.350. The third-order valence-electron chi connectivity index (χ3n) is 4.41. The van der Waals surface area contributed by atoms with Crippen molar-refractivity contribution in [3.63, 3.8) is 0 Å². The lowest BCUT2D eigenvalue weighted by atomic mass is 10.1. The van der Waals surface area contributed by atoms with Crippen LogP contribution in [0.15, 0.2) is 48.5 Å². The number of hydrogen-bond donors (Lipinski definition) is 1. The van der Waals surface area contributed by atoms with E-state index < -0.39 is 6.10 Å². The van der Waals surface area contributed by atoms with E-state index in [9.17, 15) is 4.79 Å². The zero-order chi connectivity index (χ0) is 16.9. The summed E-state index contributed by atoms with van der Waals surface area (Å²) in [5, 5.41) is 3.56. The van der Waals surface area contributed by atoms with Crippen LogP contribution in [0.25, 0.3) is 11.1 Å². The van der Waals surface area contributed by atoms with Gasteiger partial charge in [0.05, 0.1) is 5.02 Å². The van der Waals surface area contributed by atoms with Gasteiger partial charge in [-0.2, -0.15) is 0 Å². The van der Waals surface area contributed by atoms with E-state index in [0.29, 0.717) is 16.8 Å². The lowest BCUT2D eigenvalue weighted by Gasteiger charge is -2.19. The standard InChI is InChI=1S/C20H22ClNO2/c1-14(20(23)22-17-9-5-6-10-17)24-19-12-11-16(13-18(19)21)15-7-3-2-4-8-15/h2-4,7-8,11-14,17H,5-6,9-10H2,1H3,(H,22,23)/t14-/m1/s1. The maximum absolute atomic E-state index is 12.2. The van der Waals surface area contributed by atoms with Crippen LogP contribution in [0.3, 0.4) is 0 Å². The summed E-state index contributed by atoms with van der Waals surface area (Å²) in [6.45, 7) is 1.76. The molecule has 1 N–H and O–H groups in total. The van der Waals surface area contributed by atoms with Gasteiger partial charge < -0.3 is 10.1 Å². The Morgan fingerprint density at radius 2 is 1.83 bits per heavy atom. The monoisotopic (exact) mass is 343 g/mol. The summed E-state index contributed by atoms with van der Waals surface area (Å²) in [7, 11) is 0. The van der Waals surface area contributed by atoms with E-state index in [1.807, 2.05) is 48.5 Å². The van der Waals surface area contributed by atoms with Crippen LogP contribution in [-0.2, 0) is 4.79 Å². The molecule has 0 bridgehead atoms. The van der Waals surface area contributed by atoms with E-state index in [0.717, 1.165) is 24.0 Å². The molecule has 3 nitrogen and oxygen atoms in total. The number of hydrogen-bond acceptors (Lipinski definition) is 2. The van der Waals surface area contributed by atoms with Crippen molar-refractivity contribution in [2.45, 2.75) is 44.8 Å². The van der Waals surface area contributed by atoms with Crippen LogP contribution in [0.5, 0.6) is 5.75 Å². The molecular weight excluding hydrogens is 322 g/mol. The molecule has 1 saturated carbocycles. The van der Waals surface area contributed by atoms with Crippen molar-refractivity contribution < 1.29 is 9.53 Å². The van der Waals surface area contributed by atoms with Gasteiger partial charge in [-0.25, -0.2) is 0 Å². The largest absolute Gasteiger partial charge is 0.479 e. The van der Waals surface area contributed by atoms with Crippen molar-refractivity contribution in [2.24, 2.45) is 0 Å². The van der Waals surface area contributed by atoms with Crippen molar-refractivity contribution in [1.82, 2.24) is 5.32 Å². The Bertz CT molecular complexity index is 696. The average Bonchev–Trinajstić information content (AvgIpc) is 3.10. The van der Waals surface area contributed by atoms with Crippen LogP contribution in [0.2, 0.25) is 5.02 Å². The van der Waals surface area contributed by atoms with Gasteiger partial charge in [0.1, 0.15) is 5.75 Å². The number of benzene rings is 2. The van der Waals surface area contributed by atoms with E-state index in [2.05, 4.69) is 5.32 Å². The fourth-order valence-corrected chi connectivity index (χ4v) is 3.26. The fourth-order valence-electron chi connectivity index (χ4n) is 3.04. The molecule has 0 unspecified atom stereocenters. The highest BCUT2D eigenvalue weighted by molar-refractivity contribution is 6.32. The summed E-state index contributed by atoms with van der Waals surface area (Å²) in [6.07, 6.45) is 3.93. The summed E-state index contributed by atoms with van der Waals surface area (Å²) in [5.41, 5.74) is 2.12. The smallest absolute Gasteiger partial charge is 0.260 e. The van der Waals surface area contributed by atoms with E-state index in [1.165, 1.54) is 12.8 Å². The molecule has 1 aliphatic rings. The van der Waals surface area contributed by atoms with Crippen LogP contribution >= 0.6 is 11.6 Å². The van der Waals surface area contributed by atoms with Crippen molar-refractivity contribution in [1.29, 1.82) is 0 Å². The van der Waals surface area contributed by atoms with Crippen LogP contribution in [0.4, 0.5) is 0 Å². The Labute approximate surface area is 148 Å². The first-order chi connectivity index (χ1) is 11.6. The number of rotatable bonds is 5. The van der Waals surface area contributed by atoms with Gasteiger partial charge >= 0.3 is 0 Å². The molecule has 0 aliphatic heterocycles. The molecule has 3 rings (SSSR count).